The fraction of sp³-hybridized carbons (Fsp3) is 0.341. The van der Waals surface area contributed by atoms with Gasteiger partial charge in [-0.15, -0.1) is 0 Å². The van der Waals surface area contributed by atoms with Gasteiger partial charge in [0.05, 0.1) is 98.3 Å². The van der Waals surface area contributed by atoms with Gasteiger partial charge in [0, 0.05) is 97.9 Å². The summed E-state index contributed by atoms with van der Waals surface area (Å²) in [5, 5.41) is 72.0. The first-order valence-corrected chi connectivity index (χ1v) is 43.1. The zero-order chi connectivity index (χ0) is 89.3. The predicted octanol–water partition coefficient (Wildman–Crippen LogP) is 9.05. The summed E-state index contributed by atoms with van der Waals surface area (Å²) >= 11 is 45.2. The number of aliphatic hydroxyl groups excluding tert-OH is 1. The Kier molecular flexibility index (Phi) is 29.6. The van der Waals surface area contributed by atoms with Crippen LogP contribution >= 0.6 is 81.2 Å². The molecule has 0 aliphatic carbocycles. The minimum atomic E-state index is -3.67. The van der Waals surface area contributed by atoms with E-state index in [1.807, 2.05) is 54.4 Å². The summed E-state index contributed by atoms with van der Waals surface area (Å²) < 4.78 is 35.7. The molecule has 650 valence electrons. The molecule has 6 aliphatic heterocycles. The number of furan rings is 2. The van der Waals surface area contributed by atoms with Gasteiger partial charge >= 0.3 is 17.9 Å². The van der Waals surface area contributed by atoms with E-state index in [2.05, 4.69) is 36.6 Å². The zero-order valence-electron chi connectivity index (χ0n) is 66.1. The smallest absolute Gasteiger partial charge is 0.328 e. The van der Waals surface area contributed by atoms with Crippen LogP contribution in [0.4, 0.5) is 0 Å². The Balaban J connectivity index is 0.000000170. The van der Waals surface area contributed by atoms with Crippen LogP contribution in [0.1, 0.15) is 127 Å². The number of likely N-dealkylation sites (tertiary alicyclic amines) is 2. The lowest BCUT2D eigenvalue weighted by Crippen LogP contribution is -2.49. The standard InChI is InChI=1S/C29H28Cl2N6O6.C29H28Cl2N6O5.C24H23Cl3N4O7S/c30-21-10-18-13-36(27(40)17-4-3-16-6-9-43-23(16)11-17)8-5-20(18)25(31)24(21)26(39)35-22(28(41)42)12-33-29(34-15-32)37-7-1-2-19(38)14-37;1-16-18-6-2-3-7-22(18)42-25(16)27(39)37-11-8-19-17(14-37)12-20(30)23(24(19)31)26(38)35-21(28(40)41)13-33-29(34-15-32)36-9-4-5-10-36;1-39(37,38)31-11-19(32)30(12-31)10-18(24(35)36)28-22(33)20-17(26)8-14-9-29(7-6-16(14)21(20)27)23(34)13-2-4-15(25)5-3-13/h3-4,6,9-11,19,22,38H,1-2,5,7-8,12-14H2,(H,33,34)(H,35,39)(H,41,42);2-3,6-7,12,21H,4-5,8-11,13-14H2,1H3,(H,33,34)(H,35,38)(H,40,41);2-5,8,18H,6-7,9-12H2,1H3,(H,28,33)(H,35,36)/t19-,22+;21-;18-/m100/s1. The number of carbonyl (C=O) groups is 10. The third kappa shape index (κ3) is 21.1. The lowest BCUT2D eigenvalue weighted by Gasteiger charge is -2.32. The van der Waals surface area contributed by atoms with Gasteiger partial charge in [0.25, 0.3) is 35.4 Å². The number of halogens is 7. The van der Waals surface area contributed by atoms with Crippen molar-refractivity contribution in [3.8, 4) is 12.4 Å². The maximum absolute atomic E-state index is 13.4. The number of guanidine groups is 2. The largest absolute Gasteiger partial charge is 0.480 e. The van der Waals surface area contributed by atoms with Gasteiger partial charge in [-0.2, -0.15) is 14.8 Å². The average molecular weight is 1860 g/mol. The third-order valence-electron chi connectivity index (χ3n) is 21.5. The summed E-state index contributed by atoms with van der Waals surface area (Å²) in [5.74, 6) is -7.12. The summed E-state index contributed by atoms with van der Waals surface area (Å²) in [4.78, 5) is 145. The highest BCUT2D eigenvalue weighted by Gasteiger charge is 2.39. The van der Waals surface area contributed by atoms with Crippen molar-refractivity contribution in [2.45, 2.75) is 95.7 Å². The van der Waals surface area contributed by atoms with Crippen molar-refractivity contribution in [1.29, 1.82) is 10.5 Å². The normalized spacial score (nSPS) is 16.7. The molecule has 0 unspecified atom stereocenters. The number of nitrogens with zero attached hydrogens (tertiary/aromatic N) is 11. The maximum Gasteiger partial charge on any atom is 0.328 e. The van der Waals surface area contributed by atoms with Crippen molar-refractivity contribution in [2.24, 2.45) is 9.98 Å². The number of para-hydroxylation sites is 1. The number of aliphatic carboxylic acids is 3. The number of hydrogen-bond donors (Lipinski definition) is 9. The van der Waals surface area contributed by atoms with Crippen LogP contribution in [0.5, 0.6) is 0 Å². The molecule has 0 bridgehead atoms. The summed E-state index contributed by atoms with van der Waals surface area (Å²) in [6.45, 7) is 3.72. The highest BCUT2D eigenvalue weighted by molar-refractivity contribution is 7.88. The molecular weight excluding hydrogens is 1780 g/mol. The van der Waals surface area contributed by atoms with E-state index in [0.717, 1.165) is 44.6 Å². The lowest BCUT2D eigenvalue weighted by molar-refractivity contribution is -0.141. The van der Waals surface area contributed by atoms with Crippen molar-refractivity contribution >= 4 is 184 Å². The van der Waals surface area contributed by atoms with Gasteiger partial charge in [0.15, 0.2) is 18.1 Å². The van der Waals surface area contributed by atoms with E-state index < -0.39 is 95.4 Å². The molecule has 0 spiro atoms. The number of amides is 7. The molecule has 14 rings (SSSR count). The molecule has 42 heteroatoms. The third-order valence-corrected chi connectivity index (χ3v) is 25.1. The van der Waals surface area contributed by atoms with E-state index in [9.17, 15) is 76.8 Å². The predicted molar refractivity (Wildman–Crippen MR) is 458 cm³/mol. The number of carboxylic acid groups (broad SMARTS) is 3. The number of rotatable bonds is 19. The summed E-state index contributed by atoms with van der Waals surface area (Å²) in [6, 6.07) is 21.3. The number of hydrogen-bond acceptors (Lipinski definition) is 19. The highest BCUT2D eigenvalue weighted by atomic mass is 35.5. The van der Waals surface area contributed by atoms with Gasteiger partial charge in [0.2, 0.25) is 27.8 Å². The molecule has 0 saturated carbocycles. The highest BCUT2D eigenvalue weighted by Crippen LogP contribution is 2.40. The van der Waals surface area contributed by atoms with E-state index in [1.54, 1.807) is 80.6 Å². The Labute approximate surface area is 743 Å². The number of piperidine rings is 1. The van der Waals surface area contributed by atoms with Crippen LogP contribution in [-0.2, 0) is 68.1 Å². The van der Waals surface area contributed by atoms with E-state index >= 15 is 0 Å². The quantitative estimate of drug-likeness (QED) is 0.0158. The second kappa shape index (κ2) is 40.0. The minimum absolute atomic E-state index is 0.00864. The van der Waals surface area contributed by atoms with Crippen LogP contribution in [0.3, 0.4) is 0 Å². The van der Waals surface area contributed by atoms with Crippen LogP contribution in [0.25, 0.3) is 21.9 Å². The summed E-state index contributed by atoms with van der Waals surface area (Å²) in [7, 11) is -3.67. The van der Waals surface area contributed by atoms with Crippen molar-refractivity contribution < 1.29 is 85.6 Å². The van der Waals surface area contributed by atoms with Crippen molar-refractivity contribution in [3.05, 3.63) is 205 Å². The van der Waals surface area contributed by atoms with Gasteiger partial charge in [-0.25, -0.2) is 32.8 Å². The molecule has 0 radical (unpaired) electrons. The first-order valence-electron chi connectivity index (χ1n) is 38.6. The first-order chi connectivity index (χ1) is 59.1. The Bertz CT molecular complexity index is 5870. The second-order valence-electron chi connectivity index (χ2n) is 29.7. The van der Waals surface area contributed by atoms with E-state index in [1.165, 1.54) is 6.07 Å². The lowest BCUT2D eigenvalue weighted by atomic mass is 9.96. The monoisotopic (exact) mass is 1850 g/mol. The van der Waals surface area contributed by atoms with Crippen LogP contribution in [0.15, 0.2) is 116 Å². The van der Waals surface area contributed by atoms with Crippen molar-refractivity contribution in [2.75, 3.05) is 84.9 Å². The Morgan fingerprint density at radius 1 is 0.556 bits per heavy atom. The molecule has 34 nitrogen and oxygen atoms in total. The fourth-order valence-electron chi connectivity index (χ4n) is 15.1. The van der Waals surface area contributed by atoms with Gasteiger partial charge < -0.3 is 74.6 Å². The molecule has 8 aromatic rings. The number of fused-ring (bicyclic) bond motifs is 5. The molecule has 2 aromatic heterocycles. The molecule has 6 aliphatic rings. The van der Waals surface area contributed by atoms with Crippen LogP contribution in [-0.4, -0.2) is 243 Å². The first kappa shape index (κ1) is 91.7. The van der Waals surface area contributed by atoms with Crippen molar-refractivity contribution in [1.82, 2.24) is 60.3 Å². The SMILES string of the molecule is CS(=O)(=O)N1CC(=O)N(C[C@H](NC(=O)c2c(Cl)cc3c(c2Cl)CCN(C(=O)c2ccc(Cl)cc2)C3)C(=O)O)C1.Cc1c(C(=O)N2CCc3c(cc(Cl)c(C(=O)N[C@@H](CN=C(NC#N)N4CCCC4)C(=O)O)c3Cl)C2)oc2ccccc12.N#CNC(=NC[C@H](NC(=O)c1c(Cl)cc2c(c1Cl)CCN(C(=O)c1ccc3ccoc3c1)C2)C(=O)O)N1CCC[C@@H](O)C1. The summed E-state index contributed by atoms with van der Waals surface area (Å²) in [6.07, 6.45) is 9.69. The molecule has 9 N–H and O–H groups in total. The van der Waals surface area contributed by atoms with Gasteiger partial charge in [-0.1, -0.05) is 105 Å². The van der Waals surface area contributed by atoms with E-state index in [4.69, 9.17) is 101 Å². The number of benzene rings is 6. The molecule has 6 aromatic carbocycles. The van der Waals surface area contributed by atoms with Crippen molar-refractivity contribution in [3.63, 3.8) is 0 Å². The topological polar surface area (TPSA) is 467 Å². The fourth-order valence-corrected chi connectivity index (χ4v) is 18.2. The number of aryl methyl sites for hydroxylation is 1. The van der Waals surface area contributed by atoms with E-state index in [0.29, 0.717) is 132 Å². The number of β-amino-alcohol motifs (C(OH)–C–C–N with tert-alkyl or cyclic N) is 1. The van der Waals surface area contributed by atoms with E-state index in [-0.39, 0.29) is 122 Å². The maximum atomic E-state index is 13.4. The molecule has 4 atom stereocenters. The molecule has 3 saturated heterocycles. The Hall–Kier alpha value is -11.5. The van der Waals surface area contributed by atoms with Crippen LogP contribution in [0, 0.1) is 29.8 Å². The number of aliphatic hydroxyl groups is 1. The van der Waals surface area contributed by atoms with Gasteiger partial charge in [-0.3, -0.25) is 44.2 Å². The number of sulfonamides is 1. The zero-order valence-corrected chi connectivity index (χ0v) is 72.2. The Morgan fingerprint density at radius 3 is 1.48 bits per heavy atom. The van der Waals surface area contributed by atoms with Gasteiger partial charge in [-0.05, 0) is 152 Å². The molecular formula is C82H79Cl7N16O18S. The summed E-state index contributed by atoms with van der Waals surface area (Å²) in [5.41, 5.74) is 6.63. The number of nitriles is 2. The molecule has 7 amide bonds. The van der Waals surface area contributed by atoms with Crippen LogP contribution in [0.2, 0.25) is 35.2 Å². The number of carboxylic acids is 3. The Morgan fingerprint density at radius 2 is 1.02 bits per heavy atom. The van der Waals surface area contributed by atoms with Crippen LogP contribution < -0.4 is 26.6 Å². The number of aliphatic imine (C=N–C) groups is 2. The molecule has 124 heavy (non-hydrogen) atoms. The average Bonchev–Trinajstić information content (AvgIpc) is 1.50. The molecule has 8 heterocycles. The molecule has 3 fully saturated rings. The number of nitrogens with one attached hydrogen (secondary N) is 5. The second-order valence-corrected chi connectivity index (χ2v) is 34.5. The minimum Gasteiger partial charge on any atom is -0.480 e. The van der Waals surface area contributed by atoms with Gasteiger partial charge in [0.1, 0.15) is 29.3 Å². The number of carbonyl (C=O) groups excluding carboxylic acids is 7.